The minimum Gasteiger partial charge on any atom is -0.494 e. The van der Waals surface area contributed by atoms with Gasteiger partial charge in [0.25, 0.3) is 0 Å². The highest BCUT2D eigenvalue weighted by Gasteiger charge is 2.31. The molecule has 2 atom stereocenters. The number of hydrogen-bond acceptors (Lipinski definition) is 5. The van der Waals surface area contributed by atoms with E-state index in [1.54, 1.807) is 0 Å². The Morgan fingerprint density at radius 1 is 0.871 bits per heavy atom. The molecule has 0 bridgehead atoms. The molecule has 0 aromatic heterocycles. The second-order valence-corrected chi connectivity index (χ2v) is 8.15. The van der Waals surface area contributed by atoms with Crippen LogP contribution in [0.4, 0.5) is 0 Å². The smallest absolute Gasteiger partial charge is 0.324 e. The predicted molar refractivity (Wildman–Crippen MR) is 123 cm³/mol. The van der Waals surface area contributed by atoms with Gasteiger partial charge in [-0.3, -0.25) is 14.4 Å². The number of carbonyl (C=O) groups excluding carboxylic acids is 3. The Kier molecular flexibility index (Phi) is 13.5. The van der Waals surface area contributed by atoms with Gasteiger partial charge in [-0.2, -0.15) is 0 Å². The van der Waals surface area contributed by atoms with Crippen molar-refractivity contribution in [3.63, 3.8) is 0 Å². The van der Waals surface area contributed by atoms with E-state index in [0.717, 1.165) is 25.0 Å². The summed E-state index contributed by atoms with van der Waals surface area (Å²) < 4.78 is 10.8. The molecule has 0 fully saturated rings. The number of rotatable bonds is 17. The SMILES string of the molecule is CCCCCC(CC)c1ccc(OCCCC(=O)C(C(C)=O)C(=O)OCCCC)cc1. The average molecular weight is 433 g/mol. The Bertz CT molecular complexity index is 665. The lowest BCUT2D eigenvalue weighted by Crippen LogP contribution is -2.32. The standard InChI is InChI=1S/C26H40O5/c1-5-8-10-12-21(7-3)22-14-16-23(17-15-22)30-19-11-13-24(28)25(20(4)27)26(29)31-18-9-6-2/h14-17,21,25H,5-13,18-19H2,1-4H3. The summed E-state index contributed by atoms with van der Waals surface area (Å²) in [6.45, 7) is 8.28. The number of hydrogen-bond donors (Lipinski definition) is 0. The van der Waals surface area contributed by atoms with Gasteiger partial charge in [-0.1, -0.05) is 58.6 Å². The van der Waals surface area contributed by atoms with Gasteiger partial charge in [-0.15, -0.1) is 0 Å². The van der Waals surface area contributed by atoms with E-state index in [2.05, 4.69) is 26.0 Å². The number of esters is 1. The van der Waals surface area contributed by atoms with Gasteiger partial charge in [0.2, 0.25) is 0 Å². The van der Waals surface area contributed by atoms with E-state index in [0.29, 0.717) is 18.9 Å². The number of benzene rings is 1. The summed E-state index contributed by atoms with van der Waals surface area (Å²) >= 11 is 0. The van der Waals surface area contributed by atoms with Crippen molar-refractivity contribution in [2.24, 2.45) is 5.92 Å². The first kappa shape index (κ1) is 26.9. The van der Waals surface area contributed by atoms with E-state index >= 15 is 0 Å². The molecule has 0 aliphatic rings. The Labute approximate surface area is 187 Å². The van der Waals surface area contributed by atoms with Crippen molar-refractivity contribution in [1.29, 1.82) is 0 Å². The van der Waals surface area contributed by atoms with Crippen molar-refractivity contribution in [3.05, 3.63) is 29.8 Å². The fraction of sp³-hybridized carbons (Fsp3) is 0.654. The first-order chi connectivity index (χ1) is 14.9. The molecule has 1 aromatic rings. The van der Waals surface area contributed by atoms with Crippen LogP contribution in [-0.2, 0) is 19.1 Å². The fourth-order valence-electron chi connectivity index (χ4n) is 3.59. The maximum Gasteiger partial charge on any atom is 0.324 e. The van der Waals surface area contributed by atoms with Crippen LogP contribution < -0.4 is 4.74 Å². The van der Waals surface area contributed by atoms with E-state index < -0.39 is 23.5 Å². The number of ether oxygens (including phenoxy) is 2. The summed E-state index contributed by atoms with van der Waals surface area (Å²) in [5, 5.41) is 0. The molecule has 0 radical (unpaired) electrons. The van der Waals surface area contributed by atoms with Crippen LogP contribution in [0.5, 0.6) is 5.75 Å². The van der Waals surface area contributed by atoms with Gasteiger partial charge in [0.1, 0.15) is 5.75 Å². The van der Waals surface area contributed by atoms with Crippen LogP contribution in [-0.4, -0.2) is 30.7 Å². The van der Waals surface area contributed by atoms with Crippen molar-refractivity contribution in [2.45, 2.75) is 91.4 Å². The molecule has 0 heterocycles. The third kappa shape index (κ3) is 10.1. The molecule has 1 rings (SSSR count). The predicted octanol–water partition coefficient (Wildman–Crippen LogP) is 6.04. The van der Waals surface area contributed by atoms with Crippen LogP contribution >= 0.6 is 0 Å². The first-order valence-corrected chi connectivity index (χ1v) is 11.9. The molecule has 1 aromatic carbocycles. The summed E-state index contributed by atoms with van der Waals surface area (Å²) in [5.74, 6) is -1.56. The van der Waals surface area contributed by atoms with Gasteiger partial charge >= 0.3 is 5.97 Å². The van der Waals surface area contributed by atoms with E-state index in [4.69, 9.17) is 9.47 Å². The van der Waals surface area contributed by atoms with Gasteiger partial charge in [-0.05, 0) is 56.2 Å². The van der Waals surface area contributed by atoms with Gasteiger partial charge in [-0.25, -0.2) is 0 Å². The van der Waals surface area contributed by atoms with Crippen molar-refractivity contribution >= 4 is 17.5 Å². The lowest BCUT2D eigenvalue weighted by Gasteiger charge is -2.16. The summed E-state index contributed by atoms with van der Waals surface area (Å²) in [6, 6.07) is 8.20. The molecular formula is C26H40O5. The molecule has 0 aliphatic carbocycles. The lowest BCUT2D eigenvalue weighted by atomic mass is 9.91. The summed E-state index contributed by atoms with van der Waals surface area (Å²) in [6.07, 6.45) is 8.26. The second kappa shape index (κ2) is 15.6. The van der Waals surface area contributed by atoms with Gasteiger partial charge in [0.15, 0.2) is 17.5 Å². The highest BCUT2D eigenvalue weighted by Crippen LogP contribution is 2.27. The molecule has 2 unspecified atom stereocenters. The highest BCUT2D eigenvalue weighted by atomic mass is 16.5. The molecule has 5 nitrogen and oxygen atoms in total. The molecule has 0 spiro atoms. The topological polar surface area (TPSA) is 69.7 Å². The number of Topliss-reactive ketones (excluding diaryl/α,β-unsaturated/α-hetero) is 2. The van der Waals surface area contributed by atoms with Crippen molar-refractivity contribution in [3.8, 4) is 5.75 Å². The summed E-state index contributed by atoms with van der Waals surface area (Å²) in [4.78, 5) is 36.2. The molecule has 31 heavy (non-hydrogen) atoms. The molecule has 0 N–H and O–H groups in total. The molecule has 174 valence electrons. The maximum atomic E-state index is 12.4. The minimum absolute atomic E-state index is 0.112. The van der Waals surface area contributed by atoms with Crippen molar-refractivity contribution in [2.75, 3.05) is 13.2 Å². The molecule has 0 saturated carbocycles. The van der Waals surface area contributed by atoms with E-state index in [-0.39, 0.29) is 13.0 Å². The van der Waals surface area contributed by atoms with Gasteiger partial charge in [0, 0.05) is 6.42 Å². The van der Waals surface area contributed by atoms with Gasteiger partial charge in [0.05, 0.1) is 13.2 Å². The quantitative estimate of drug-likeness (QED) is 0.171. The van der Waals surface area contributed by atoms with Crippen LogP contribution in [0.25, 0.3) is 0 Å². The Morgan fingerprint density at radius 3 is 2.13 bits per heavy atom. The van der Waals surface area contributed by atoms with Gasteiger partial charge < -0.3 is 9.47 Å². The summed E-state index contributed by atoms with van der Waals surface area (Å²) in [5.41, 5.74) is 1.34. The largest absolute Gasteiger partial charge is 0.494 e. The zero-order valence-electron chi connectivity index (χ0n) is 19.8. The summed E-state index contributed by atoms with van der Waals surface area (Å²) in [7, 11) is 0. The van der Waals surface area contributed by atoms with Crippen LogP contribution in [0.1, 0.15) is 97.0 Å². The fourth-order valence-corrected chi connectivity index (χ4v) is 3.59. The van der Waals surface area contributed by atoms with Crippen molar-refractivity contribution < 1.29 is 23.9 Å². The number of ketones is 2. The monoisotopic (exact) mass is 432 g/mol. The third-order valence-corrected chi connectivity index (χ3v) is 5.54. The number of unbranched alkanes of at least 4 members (excludes halogenated alkanes) is 3. The first-order valence-electron chi connectivity index (χ1n) is 11.9. The third-order valence-electron chi connectivity index (χ3n) is 5.54. The molecule has 0 amide bonds. The lowest BCUT2D eigenvalue weighted by molar-refractivity contribution is -0.155. The zero-order chi connectivity index (χ0) is 23.1. The van der Waals surface area contributed by atoms with E-state index in [1.165, 1.54) is 38.2 Å². The minimum atomic E-state index is -1.31. The second-order valence-electron chi connectivity index (χ2n) is 8.15. The molecule has 0 saturated heterocycles. The average Bonchev–Trinajstić information content (AvgIpc) is 2.75. The normalized spacial score (nSPS) is 12.8. The molecule has 0 aliphatic heterocycles. The van der Waals surface area contributed by atoms with E-state index in [1.807, 2.05) is 19.1 Å². The molecule has 5 heteroatoms. The number of carbonyl (C=O) groups is 3. The van der Waals surface area contributed by atoms with E-state index in [9.17, 15) is 14.4 Å². The van der Waals surface area contributed by atoms with Crippen LogP contribution in [0.3, 0.4) is 0 Å². The Hall–Kier alpha value is -2.17. The Balaban J connectivity index is 2.45. The van der Waals surface area contributed by atoms with Crippen LogP contribution in [0.2, 0.25) is 0 Å². The van der Waals surface area contributed by atoms with Crippen LogP contribution in [0, 0.1) is 5.92 Å². The molecular weight excluding hydrogens is 392 g/mol. The maximum absolute atomic E-state index is 12.4. The zero-order valence-corrected chi connectivity index (χ0v) is 19.8. The van der Waals surface area contributed by atoms with Crippen molar-refractivity contribution in [1.82, 2.24) is 0 Å². The van der Waals surface area contributed by atoms with Crippen LogP contribution in [0.15, 0.2) is 24.3 Å². The Morgan fingerprint density at radius 2 is 1.55 bits per heavy atom. The highest BCUT2D eigenvalue weighted by molar-refractivity contribution is 6.16.